The van der Waals surface area contributed by atoms with Crippen LogP contribution in [0, 0.1) is 6.92 Å². The summed E-state index contributed by atoms with van der Waals surface area (Å²) in [7, 11) is 0. The van der Waals surface area contributed by atoms with Gasteiger partial charge in [-0.05, 0) is 32.9 Å². The van der Waals surface area contributed by atoms with E-state index in [4.69, 9.17) is 4.74 Å². The SMILES string of the molecule is Cc1nc2ccccc2n1CC(=O)N1CCN(C(=O)CN2CCOCC2)[C@H](C)[C@H]1C. The summed E-state index contributed by atoms with van der Waals surface area (Å²) in [4.78, 5) is 36.6. The van der Waals surface area contributed by atoms with Crippen LogP contribution in [0.5, 0.6) is 0 Å². The number of nitrogens with zero attached hydrogens (tertiary/aromatic N) is 5. The molecule has 2 aliphatic rings. The zero-order valence-electron chi connectivity index (χ0n) is 18.1. The zero-order valence-corrected chi connectivity index (χ0v) is 18.1. The highest BCUT2D eigenvalue weighted by Crippen LogP contribution is 2.20. The Morgan fingerprint density at radius 2 is 1.57 bits per heavy atom. The highest BCUT2D eigenvalue weighted by molar-refractivity contribution is 5.82. The highest BCUT2D eigenvalue weighted by Gasteiger charge is 2.36. The van der Waals surface area contributed by atoms with Gasteiger partial charge in [0.1, 0.15) is 12.4 Å². The van der Waals surface area contributed by atoms with Crippen molar-refractivity contribution >= 4 is 22.8 Å². The van der Waals surface area contributed by atoms with Crippen LogP contribution in [0.2, 0.25) is 0 Å². The monoisotopic (exact) mass is 413 g/mol. The molecular formula is C22H31N5O3. The lowest BCUT2D eigenvalue weighted by atomic mass is 10.0. The molecule has 4 rings (SSSR count). The molecule has 162 valence electrons. The van der Waals surface area contributed by atoms with E-state index in [1.54, 1.807) is 0 Å². The van der Waals surface area contributed by atoms with Gasteiger partial charge in [0.15, 0.2) is 0 Å². The molecule has 0 bridgehead atoms. The Balaban J connectivity index is 1.40. The van der Waals surface area contributed by atoms with Gasteiger partial charge in [0, 0.05) is 38.3 Å². The van der Waals surface area contributed by atoms with Crippen LogP contribution in [-0.2, 0) is 20.9 Å². The summed E-state index contributed by atoms with van der Waals surface area (Å²) in [5.74, 6) is 1.05. The van der Waals surface area contributed by atoms with Gasteiger partial charge in [0.05, 0.1) is 30.8 Å². The normalized spacial score (nSPS) is 23.2. The van der Waals surface area contributed by atoms with Crippen LogP contribution in [0.1, 0.15) is 19.7 Å². The minimum absolute atomic E-state index is 0.0168. The van der Waals surface area contributed by atoms with Gasteiger partial charge in [-0.25, -0.2) is 4.98 Å². The zero-order chi connectivity index (χ0) is 21.3. The first-order chi connectivity index (χ1) is 14.5. The third-order valence-corrected chi connectivity index (χ3v) is 6.51. The Bertz CT molecular complexity index is 921. The van der Waals surface area contributed by atoms with E-state index in [9.17, 15) is 9.59 Å². The molecule has 1 aromatic carbocycles. The number of hydrogen-bond acceptors (Lipinski definition) is 5. The van der Waals surface area contributed by atoms with Crippen molar-refractivity contribution in [3.05, 3.63) is 30.1 Å². The topological polar surface area (TPSA) is 70.9 Å². The van der Waals surface area contributed by atoms with Gasteiger partial charge in [0.2, 0.25) is 11.8 Å². The number of aromatic nitrogens is 2. The molecule has 1 aromatic heterocycles. The van der Waals surface area contributed by atoms with E-state index in [2.05, 4.69) is 9.88 Å². The molecular weight excluding hydrogens is 382 g/mol. The van der Waals surface area contributed by atoms with Crippen LogP contribution in [0.25, 0.3) is 11.0 Å². The minimum atomic E-state index is -0.0324. The molecule has 3 heterocycles. The van der Waals surface area contributed by atoms with E-state index in [1.165, 1.54) is 0 Å². The van der Waals surface area contributed by atoms with Crippen molar-refractivity contribution < 1.29 is 14.3 Å². The van der Waals surface area contributed by atoms with Crippen molar-refractivity contribution in [2.45, 2.75) is 39.4 Å². The van der Waals surface area contributed by atoms with E-state index in [0.29, 0.717) is 32.8 Å². The maximum atomic E-state index is 13.2. The summed E-state index contributed by atoms with van der Waals surface area (Å²) in [5, 5.41) is 0. The van der Waals surface area contributed by atoms with Crippen LogP contribution in [0.15, 0.2) is 24.3 Å². The number of morpholine rings is 1. The molecule has 0 spiro atoms. The first-order valence-corrected chi connectivity index (χ1v) is 10.8. The standard InChI is InChI=1S/C22H31N5O3/c1-16-17(2)26(9-8-25(16)21(28)14-24-10-12-30-13-11-24)22(29)15-27-18(3)23-19-6-4-5-7-20(19)27/h4-7,16-17H,8-15H2,1-3H3/t16-,17-/m1/s1. The van der Waals surface area contributed by atoms with Gasteiger partial charge in [0.25, 0.3) is 0 Å². The van der Waals surface area contributed by atoms with Crippen LogP contribution in [0.4, 0.5) is 0 Å². The summed E-state index contributed by atoms with van der Waals surface area (Å²) < 4.78 is 7.34. The average Bonchev–Trinajstić information content (AvgIpc) is 3.05. The summed E-state index contributed by atoms with van der Waals surface area (Å²) >= 11 is 0. The van der Waals surface area contributed by atoms with E-state index in [0.717, 1.165) is 29.9 Å². The Hall–Kier alpha value is -2.45. The lowest BCUT2D eigenvalue weighted by Crippen LogP contribution is -2.62. The molecule has 2 aromatic rings. The number of amides is 2. The first-order valence-electron chi connectivity index (χ1n) is 10.8. The maximum absolute atomic E-state index is 13.2. The number of hydrogen-bond donors (Lipinski definition) is 0. The molecule has 2 aliphatic heterocycles. The predicted molar refractivity (Wildman–Crippen MR) is 114 cm³/mol. The second kappa shape index (κ2) is 8.73. The van der Waals surface area contributed by atoms with Gasteiger partial charge in [-0.1, -0.05) is 12.1 Å². The van der Waals surface area contributed by atoms with Gasteiger partial charge < -0.3 is 19.1 Å². The summed E-state index contributed by atoms with van der Waals surface area (Å²) in [6.07, 6.45) is 0. The Morgan fingerprint density at radius 3 is 2.23 bits per heavy atom. The van der Waals surface area contributed by atoms with Crippen molar-refractivity contribution in [2.75, 3.05) is 45.9 Å². The third kappa shape index (κ3) is 4.06. The molecule has 0 radical (unpaired) electrons. The summed E-state index contributed by atoms with van der Waals surface area (Å²) in [5.41, 5.74) is 1.88. The highest BCUT2D eigenvalue weighted by atomic mass is 16.5. The van der Waals surface area contributed by atoms with Crippen molar-refractivity contribution in [1.29, 1.82) is 0 Å². The molecule has 8 nitrogen and oxygen atoms in total. The predicted octanol–water partition coefficient (Wildman–Crippen LogP) is 1.12. The van der Waals surface area contributed by atoms with Crippen molar-refractivity contribution in [1.82, 2.24) is 24.3 Å². The van der Waals surface area contributed by atoms with E-state index < -0.39 is 0 Å². The molecule has 0 aliphatic carbocycles. The molecule has 2 fully saturated rings. The fourth-order valence-corrected chi connectivity index (χ4v) is 4.51. The Labute approximate surface area is 177 Å². The number of piperazine rings is 1. The van der Waals surface area contributed by atoms with Gasteiger partial charge >= 0.3 is 0 Å². The molecule has 0 saturated carbocycles. The molecule has 2 saturated heterocycles. The minimum Gasteiger partial charge on any atom is -0.379 e. The van der Waals surface area contributed by atoms with Crippen LogP contribution < -0.4 is 0 Å². The number of carbonyl (C=O) groups excluding carboxylic acids is 2. The van der Waals surface area contributed by atoms with E-state index in [1.807, 2.05) is 59.4 Å². The van der Waals surface area contributed by atoms with Crippen molar-refractivity contribution in [3.8, 4) is 0 Å². The van der Waals surface area contributed by atoms with Crippen molar-refractivity contribution in [3.63, 3.8) is 0 Å². The van der Waals surface area contributed by atoms with Gasteiger partial charge in [-0.3, -0.25) is 14.5 Å². The van der Waals surface area contributed by atoms with Crippen LogP contribution in [0.3, 0.4) is 0 Å². The lowest BCUT2D eigenvalue weighted by Gasteiger charge is -2.45. The number of fused-ring (bicyclic) bond motifs is 1. The number of aryl methyl sites for hydroxylation is 1. The first kappa shape index (κ1) is 20.8. The molecule has 8 heteroatoms. The molecule has 2 atom stereocenters. The van der Waals surface area contributed by atoms with Gasteiger partial charge in [-0.2, -0.15) is 0 Å². The number of para-hydroxylation sites is 2. The maximum Gasteiger partial charge on any atom is 0.242 e. The van der Waals surface area contributed by atoms with E-state index >= 15 is 0 Å². The van der Waals surface area contributed by atoms with Gasteiger partial charge in [-0.15, -0.1) is 0 Å². The van der Waals surface area contributed by atoms with Crippen LogP contribution in [-0.4, -0.2) is 94.1 Å². The number of ether oxygens (including phenoxy) is 1. The lowest BCUT2D eigenvalue weighted by molar-refractivity contribution is -0.147. The summed E-state index contributed by atoms with van der Waals surface area (Å²) in [6, 6.07) is 7.84. The second-order valence-electron chi connectivity index (χ2n) is 8.28. The molecule has 0 unspecified atom stereocenters. The Morgan fingerprint density at radius 1 is 0.967 bits per heavy atom. The number of rotatable bonds is 4. The van der Waals surface area contributed by atoms with Crippen molar-refractivity contribution in [2.24, 2.45) is 0 Å². The molecule has 2 amide bonds. The number of imidazole rings is 1. The Kier molecular flexibility index (Phi) is 6.06. The molecule has 0 N–H and O–H groups in total. The number of benzene rings is 1. The third-order valence-electron chi connectivity index (χ3n) is 6.51. The number of carbonyl (C=O) groups is 2. The van der Waals surface area contributed by atoms with E-state index in [-0.39, 0.29) is 30.4 Å². The second-order valence-corrected chi connectivity index (χ2v) is 8.28. The van der Waals surface area contributed by atoms with Crippen LogP contribution >= 0.6 is 0 Å². The fraction of sp³-hybridized carbons (Fsp3) is 0.591. The summed E-state index contributed by atoms with van der Waals surface area (Å²) in [6.45, 7) is 10.8. The smallest absolute Gasteiger partial charge is 0.242 e. The quantitative estimate of drug-likeness (QED) is 0.751. The largest absolute Gasteiger partial charge is 0.379 e. The molecule has 30 heavy (non-hydrogen) atoms. The average molecular weight is 414 g/mol. The fourth-order valence-electron chi connectivity index (χ4n) is 4.51.